The van der Waals surface area contributed by atoms with Crippen molar-refractivity contribution in [2.75, 3.05) is 44.2 Å². The average Bonchev–Trinajstić information content (AvgIpc) is 3.93. The molecule has 9 rings (SSSR count). The first kappa shape index (κ1) is 36.2. The number of carbonyl (C=O) groups excluding carboxylic acids is 2. The first-order valence-electron chi connectivity index (χ1n) is 20.6. The smallest absolute Gasteiger partial charge is 0.254 e. The second kappa shape index (κ2) is 17.1. The van der Waals surface area contributed by atoms with Crippen LogP contribution in [0.2, 0.25) is 0 Å². The zero-order valence-corrected chi connectivity index (χ0v) is 32.6. The summed E-state index contributed by atoms with van der Waals surface area (Å²) in [7, 11) is 0. The minimum Gasteiger partial charge on any atom is -0.341 e. The van der Waals surface area contributed by atoms with Gasteiger partial charge >= 0.3 is 0 Å². The Morgan fingerprint density at radius 2 is 1.08 bits per heavy atom. The van der Waals surface area contributed by atoms with Crippen molar-refractivity contribution >= 4 is 40.4 Å². The molecule has 3 aromatic heterocycles. The molecule has 0 bridgehead atoms. The second-order valence-corrected chi connectivity index (χ2v) is 18.2. The van der Waals surface area contributed by atoms with Gasteiger partial charge < -0.3 is 20.0 Å². The number of carbonyl (C=O) groups is 2. The second-order valence-electron chi connectivity index (χ2n) is 16.3. The molecule has 2 saturated carbocycles. The van der Waals surface area contributed by atoms with Gasteiger partial charge in [-0.2, -0.15) is 0 Å². The molecular formula is C42H58N6O2S2. The lowest BCUT2D eigenvalue weighted by Gasteiger charge is -2.44. The standard InChI is InChI=1S/C23H30N4OS.C19H28N2OS/c28-22(27-12-3-6-17-5-1-2-7-20(17)27)19-15-21(29-16-19)18-8-13-26(14-9-18)23-24-10-4-11-25-23;22-19(21-11-3-5-14-4-1-2-6-17(14)21)16-12-18(23-13-16)15-7-9-20-10-8-15/h4,10-11,15-18,20H,1-3,5-9,12-14H2;12-15,17,20H,1-11H2. The quantitative estimate of drug-likeness (QED) is 0.282. The van der Waals surface area contributed by atoms with Crippen molar-refractivity contribution in [2.45, 2.75) is 127 Å². The molecule has 2 aliphatic carbocycles. The van der Waals surface area contributed by atoms with Gasteiger partial charge in [-0.15, -0.1) is 22.7 Å². The Bertz CT molecular complexity index is 1610. The zero-order valence-electron chi connectivity index (χ0n) is 30.9. The van der Waals surface area contributed by atoms with E-state index in [1.165, 1.54) is 99.6 Å². The van der Waals surface area contributed by atoms with Crippen LogP contribution >= 0.6 is 22.7 Å². The van der Waals surface area contributed by atoms with E-state index in [2.05, 4.69) is 52.9 Å². The molecule has 0 spiro atoms. The highest BCUT2D eigenvalue weighted by molar-refractivity contribution is 7.10. The van der Waals surface area contributed by atoms with Gasteiger partial charge in [-0.1, -0.05) is 25.7 Å². The molecule has 0 aromatic carbocycles. The van der Waals surface area contributed by atoms with Crippen LogP contribution in [-0.2, 0) is 0 Å². The maximum absolute atomic E-state index is 13.3. The average molecular weight is 743 g/mol. The number of anilines is 1. The molecule has 6 fully saturated rings. The van der Waals surface area contributed by atoms with E-state index in [0.29, 0.717) is 29.8 Å². The van der Waals surface area contributed by atoms with E-state index in [0.717, 1.165) is 81.0 Å². The number of hydrogen-bond donors (Lipinski definition) is 1. The van der Waals surface area contributed by atoms with Crippen molar-refractivity contribution in [3.8, 4) is 0 Å². The predicted octanol–water partition coefficient (Wildman–Crippen LogP) is 8.73. The van der Waals surface area contributed by atoms with E-state index in [1.54, 1.807) is 22.7 Å². The Hall–Kier alpha value is -2.82. The van der Waals surface area contributed by atoms with Crippen molar-refractivity contribution in [2.24, 2.45) is 11.8 Å². The number of piperidine rings is 4. The minimum atomic E-state index is 0.277. The van der Waals surface area contributed by atoms with Crippen LogP contribution in [0.5, 0.6) is 0 Å². The number of hydrogen-bond acceptors (Lipinski definition) is 8. The first-order chi connectivity index (χ1) is 25.6. The number of thiophene rings is 2. The largest absolute Gasteiger partial charge is 0.341 e. The van der Waals surface area contributed by atoms with E-state index in [4.69, 9.17) is 0 Å². The number of rotatable bonds is 5. The summed E-state index contributed by atoms with van der Waals surface area (Å²) < 4.78 is 0. The summed E-state index contributed by atoms with van der Waals surface area (Å²) >= 11 is 3.58. The molecule has 4 saturated heterocycles. The highest BCUT2D eigenvalue weighted by atomic mass is 32.1. The summed E-state index contributed by atoms with van der Waals surface area (Å²) in [6.07, 6.45) is 23.6. The van der Waals surface area contributed by atoms with Crippen molar-refractivity contribution < 1.29 is 9.59 Å². The third-order valence-electron chi connectivity index (χ3n) is 13.2. The van der Waals surface area contributed by atoms with E-state index in [1.807, 2.05) is 18.5 Å². The fraction of sp³-hybridized carbons (Fsp3) is 0.667. The number of likely N-dealkylation sites (tertiary alicyclic amines) is 2. The first-order valence-corrected chi connectivity index (χ1v) is 22.4. The van der Waals surface area contributed by atoms with Crippen LogP contribution in [-0.4, -0.2) is 82.9 Å². The Morgan fingerprint density at radius 3 is 1.62 bits per heavy atom. The third-order valence-corrected chi connectivity index (χ3v) is 15.4. The molecular weight excluding hydrogens is 685 g/mol. The van der Waals surface area contributed by atoms with Gasteiger partial charge in [0.15, 0.2) is 0 Å². The molecule has 8 nitrogen and oxygen atoms in total. The predicted molar refractivity (Wildman–Crippen MR) is 212 cm³/mol. The molecule has 0 radical (unpaired) electrons. The van der Waals surface area contributed by atoms with Gasteiger partial charge in [0.2, 0.25) is 5.95 Å². The summed E-state index contributed by atoms with van der Waals surface area (Å²) in [6.45, 7) is 6.10. The van der Waals surface area contributed by atoms with Gasteiger partial charge in [0.05, 0.1) is 11.1 Å². The summed E-state index contributed by atoms with van der Waals surface area (Å²) in [5.74, 6) is 4.13. The van der Waals surface area contributed by atoms with Crippen LogP contribution in [0.1, 0.15) is 145 Å². The monoisotopic (exact) mass is 742 g/mol. The number of nitrogens with zero attached hydrogens (tertiary/aromatic N) is 5. The van der Waals surface area contributed by atoms with E-state index < -0.39 is 0 Å². The van der Waals surface area contributed by atoms with Crippen molar-refractivity contribution in [1.29, 1.82) is 0 Å². The highest BCUT2D eigenvalue weighted by Gasteiger charge is 2.38. The summed E-state index contributed by atoms with van der Waals surface area (Å²) in [5, 5.41) is 7.65. The molecule has 10 heteroatoms. The van der Waals surface area contributed by atoms with Crippen LogP contribution in [0.4, 0.5) is 5.95 Å². The molecule has 4 atom stereocenters. The molecule has 6 aliphatic rings. The van der Waals surface area contributed by atoms with E-state index in [-0.39, 0.29) is 5.91 Å². The molecule has 2 amide bonds. The van der Waals surface area contributed by atoms with Gasteiger partial charge in [-0.05, 0) is 132 Å². The Kier molecular flexibility index (Phi) is 11.9. The SMILES string of the molecule is O=C(c1csc(C2CCN(c3ncccn3)CC2)c1)N1CCCC2CCCCC21.O=C(c1csc(C2CCNCC2)c1)N1CCCC2CCCCC21. The lowest BCUT2D eigenvalue weighted by Crippen LogP contribution is -2.49. The topological polar surface area (TPSA) is 81.7 Å². The molecule has 1 N–H and O–H groups in total. The minimum absolute atomic E-state index is 0.277. The van der Waals surface area contributed by atoms with E-state index in [9.17, 15) is 9.59 Å². The fourth-order valence-corrected chi connectivity index (χ4v) is 12.5. The van der Waals surface area contributed by atoms with Crippen LogP contribution in [0.3, 0.4) is 0 Å². The van der Waals surface area contributed by atoms with Crippen LogP contribution in [0.25, 0.3) is 0 Å². The molecule has 52 heavy (non-hydrogen) atoms. The van der Waals surface area contributed by atoms with Gasteiger partial charge in [0.1, 0.15) is 0 Å². The zero-order chi connectivity index (χ0) is 35.3. The third kappa shape index (κ3) is 8.14. The van der Waals surface area contributed by atoms with Gasteiger partial charge in [-0.25, -0.2) is 9.97 Å². The summed E-state index contributed by atoms with van der Waals surface area (Å²) in [5.41, 5.74) is 1.87. The van der Waals surface area contributed by atoms with Crippen LogP contribution in [0, 0.1) is 11.8 Å². The Morgan fingerprint density at radius 1 is 0.596 bits per heavy atom. The lowest BCUT2D eigenvalue weighted by molar-refractivity contribution is 0.0386. The normalized spacial score (nSPS) is 27.3. The van der Waals surface area contributed by atoms with Crippen molar-refractivity contribution in [1.82, 2.24) is 25.1 Å². The lowest BCUT2D eigenvalue weighted by atomic mass is 9.78. The summed E-state index contributed by atoms with van der Waals surface area (Å²) in [6, 6.07) is 7.27. The number of fused-ring (bicyclic) bond motifs is 2. The van der Waals surface area contributed by atoms with Crippen LogP contribution in [0.15, 0.2) is 41.4 Å². The summed E-state index contributed by atoms with van der Waals surface area (Å²) in [4.78, 5) is 44.6. The fourth-order valence-electron chi connectivity index (χ4n) is 10.4. The Balaban J connectivity index is 0.000000153. The van der Waals surface area contributed by atoms with Gasteiger partial charge in [0, 0.05) is 71.2 Å². The molecule has 4 unspecified atom stereocenters. The van der Waals surface area contributed by atoms with Gasteiger partial charge in [0.25, 0.3) is 11.8 Å². The number of nitrogens with one attached hydrogen (secondary N) is 1. The van der Waals surface area contributed by atoms with Crippen molar-refractivity contribution in [3.63, 3.8) is 0 Å². The van der Waals surface area contributed by atoms with Crippen molar-refractivity contribution in [3.05, 3.63) is 62.2 Å². The van der Waals surface area contributed by atoms with Crippen LogP contribution < -0.4 is 10.2 Å². The molecule has 4 aliphatic heterocycles. The Labute approximate surface area is 318 Å². The molecule has 3 aromatic rings. The highest BCUT2D eigenvalue weighted by Crippen LogP contribution is 2.39. The molecule has 280 valence electrons. The maximum atomic E-state index is 13.3. The number of amides is 2. The van der Waals surface area contributed by atoms with Gasteiger partial charge in [-0.3, -0.25) is 9.59 Å². The molecule has 7 heterocycles. The van der Waals surface area contributed by atoms with E-state index >= 15 is 0 Å². The maximum Gasteiger partial charge on any atom is 0.254 e. The number of aromatic nitrogens is 2.